The fraction of sp³-hybridized carbons (Fsp3) is 0.619. The molecule has 1 aromatic carbocycles. The van der Waals surface area contributed by atoms with Gasteiger partial charge in [0.15, 0.2) is 0 Å². The number of fused-ring (bicyclic) bond motifs is 1. The Hall–Kier alpha value is -1.91. The molecule has 26 heavy (non-hydrogen) atoms. The van der Waals surface area contributed by atoms with Crippen molar-refractivity contribution in [3.63, 3.8) is 0 Å². The molecule has 3 atom stereocenters. The molecule has 140 valence electrons. The van der Waals surface area contributed by atoms with E-state index >= 15 is 0 Å². The van der Waals surface area contributed by atoms with Crippen molar-refractivity contribution in [3.8, 4) is 0 Å². The van der Waals surface area contributed by atoms with Crippen molar-refractivity contribution in [2.75, 3.05) is 0 Å². The number of rotatable bonds is 2. The average molecular weight is 358 g/mol. The van der Waals surface area contributed by atoms with E-state index in [1.807, 2.05) is 0 Å². The summed E-state index contributed by atoms with van der Waals surface area (Å²) in [5.74, 6) is 0.171. The Morgan fingerprint density at radius 2 is 1.73 bits per heavy atom. The van der Waals surface area contributed by atoms with Crippen LogP contribution < -0.4 is 5.32 Å². The maximum absolute atomic E-state index is 13.4. The summed E-state index contributed by atoms with van der Waals surface area (Å²) in [6.07, 6.45) is 8.25. The number of amides is 2. The first-order valence-corrected chi connectivity index (χ1v) is 10.0. The third kappa shape index (κ3) is 3.36. The van der Waals surface area contributed by atoms with Crippen molar-refractivity contribution in [2.24, 2.45) is 5.92 Å². The summed E-state index contributed by atoms with van der Waals surface area (Å²) in [5.41, 5.74) is 0.971. The molecule has 3 fully saturated rings. The number of hydrogen-bond donors (Lipinski definition) is 1. The molecule has 4 nitrogen and oxygen atoms in total. The van der Waals surface area contributed by atoms with E-state index in [-0.39, 0.29) is 41.7 Å². The van der Waals surface area contributed by atoms with E-state index in [4.69, 9.17) is 0 Å². The topological polar surface area (TPSA) is 49.4 Å². The predicted octanol–water partition coefficient (Wildman–Crippen LogP) is 3.72. The highest BCUT2D eigenvalue weighted by Gasteiger charge is 2.46. The van der Waals surface area contributed by atoms with Crippen LogP contribution in [0.25, 0.3) is 0 Å². The van der Waals surface area contributed by atoms with Crippen LogP contribution in [-0.4, -0.2) is 28.8 Å². The highest BCUT2D eigenvalue weighted by atomic mass is 19.1. The molecule has 0 unspecified atom stereocenters. The molecule has 1 N–H and O–H groups in total. The van der Waals surface area contributed by atoms with Gasteiger partial charge in [0.25, 0.3) is 0 Å². The van der Waals surface area contributed by atoms with Crippen molar-refractivity contribution < 1.29 is 14.0 Å². The van der Waals surface area contributed by atoms with Crippen molar-refractivity contribution in [1.82, 2.24) is 10.2 Å². The predicted molar refractivity (Wildman–Crippen MR) is 96.7 cm³/mol. The second-order valence-electron chi connectivity index (χ2n) is 8.02. The smallest absolute Gasteiger partial charge is 0.226 e. The minimum absolute atomic E-state index is 0.00297. The van der Waals surface area contributed by atoms with Gasteiger partial charge >= 0.3 is 0 Å². The third-order valence-corrected chi connectivity index (χ3v) is 6.35. The highest BCUT2D eigenvalue weighted by molar-refractivity contribution is 5.81. The maximum atomic E-state index is 13.4. The third-order valence-electron chi connectivity index (χ3n) is 6.35. The van der Waals surface area contributed by atoms with Crippen molar-refractivity contribution in [3.05, 3.63) is 35.6 Å². The average Bonchev–Trinajstić information content (AvgIpc) is 3.26. The lowest BCUT2D eigenvalue weighted by atomic mass is 9.97. The molecule has 1 aromatic rings. The first-order valence-electron chi connectivity index (χ1n) is 10.0. The molecular weight excluding hydrogens is 331 g/mol. The molecule has 0 bridgehead atoms. The standard InChI is InChI=1S/C21H27FN2O2/c22-16-11-9-14(10-12-16)19-13-17-18(7-3-4-8-20(25)23-17)24(19)21(26)15-5-1-2-6-15/h9-12,15,17-19H,1-8,13H2,(H,23,25)/t17-,18+,19+/m1/s1. The second-order valence-corrected chi connectivity index (χ2v) is 8.02. The number of hydrogen-bond acceptors (Lipinski definition) is 2. The van der Waals surface area contributed by atoms with Gasteiger partial charge in [-0.3, -0.25) is 9.59 Å². The van der Waals surface area contributed by atoms with Gasteiger partial charge in [-0.05, 0) is 49.8 Å². The van der Waals surface area contributed by atoms with Crippen LogP contribution >= 0.6 is 0 Å². The van der Waals surface area contributed by atoms with Gasteiger partial charge in [-0.25, -0.2) is 4.39 Å². The Morgan fingerprint density at radius 1 is 1.04 bits per heavy atom. The summed E-state index contributed by atoms with van der Waals surface area (Å²) >= 11 is 0. The van der Waals surface area contributed by atoms with Gasteiger partial charge in [0.05, 0.1) is 18.1 Å². The monoisotopic (exact) mass is 358 g/mol. The zero-order valence-electron chi connectivity index (χ0n) is 15.1. The number of likely N-dealkylation sites (tertiary alicyclic amines) is 1. The fourth-order valence-electron chi connectivity index (χ4n) is 5.03. The largest absolute Gasteiger partial charge is 0.351 e. The maximum Gasteiger partial charge on any atom is 0.226 e. The van der Waals surface area contributed by atoms with Crippen LogP contribution in [0.3, 0.4) is 0 Å². The van der Waals surface area contributed by atoms with Crippen molar-refractivity contribution in [2.45, 2.75) is 75.9 Å². The lowest BCUT2D eigenvalue weighted by Gasteiger charge is -2.35. The Kier molecular flexibility index (Phi) is 4.96. The van der Waals surface area contributed by atoms with E-state index in [0.717, 1.165) is 56.9 Å². The Labute approximate surface area is 154 Å². The molecule has 5 heteroatoms. The minimum atomic E-state index is -0.264. The second kappa shape index (κ2) is 7.37. The van der Waals surface area contributed by atoms with Gasteiger partial charge in [-0.15, -0.1) is 0 Å². The Bertz CT molecular complexity index is 669. The zero-order valence-corrected chi connectivity index (χ0v) is 15.1. The lowest BCUT2D eigenvalue weighted by molar-refractivity contribution is -0.139. The number of halogens is 1. The van der Waals surface area contributed by atoms with E-state index in [1.165, 1.54) is 12.1 Å². The van der Waals surface area contributed by atoms with Crippen LogP contribution in [0, 0.1) is 11.7 Å². The molecule has 3 aliphatic rings. The van der Waals surface area contributed by atoms with Crippen molar-refractivity contribution >= 4 is 11.8 Å². The van der Waals surface area contributed by atoms with Gasteiger partial charge < -0.3 is 10.2 Å². The van der Waals surface area contributed by atoms with Crippen LogP contribution in [0.2, 0.25) is 0 Å². The van der Waals surface area contributed by atoms with Gasteiger partial charge in [0.2, 0.25) is 11.8 Å². The molecule has 2 heterocycles. The Balaban J connectivity index is 1.66. The van der Waals surface area contributed by atoms with Gasteiger partial charge in [0.1, 0.15) is 5.82 Å². The summed E-state index contributed by atoms with van der Waals surface area (Å²) in [7, 11) is 0. The molecule has 2 aliphatic heterocycles. The molecule has 0 radical (unpaired) electrons. The van der Waals surface area contributed by atoms with Gasteiger partial charge in [0, 0.05) is 12.3 Å². The van der Waals surface area contributed by atoms with Crippen molar-refractivity contribution in [1.29, 1.82) is 0 Å². The van der Waals surface area contributed by atoms with E-state index < -0.39 is 0 Å². The highest BCUT2D eigenvalue weighted by Crippen LogP contribution is 2.42. The number of nitrogens with zero attached hydrogens (tertiary/aromatic N) is 1. The Morgan fingerprint density at radius 3 is 2.46 bits per heavy atom. The molecular formula is C21H27FN2O2. The molecule has 2 amide bonds. The minimum Gasteiger partial charge on any atom is -0.351 e. The first kappa shape index (κ1) is 17.5. The zero-order chi connectivity index (χ0) is 18.1. The van der Waals surface area contributed by atoms with Crippen LogP contribution in [0.1, 0.15) is 69.4 Å². The van der Waals surface area contributed by atoms with E-state index in [9.17, 15) is 14.0 Å². The lowest BCUT2D eigenvalue weighted by Crippen LogP contribution is -2.49. The first-order chi connectivity index (χ1) is 12.6. The SMILES string of the molecule is O=C1CCCC[C@H]2[C@@H](C[C@@H](c3ccc(F)cc3)N2C(=O)C2CCCC2)N1. The summed E-state index contributed by atoms with van der Waals surface area (Å²) < 4.78 is 13.4. The van der Waals surface area contributed by atoms with E-state index in [2.05, 4.69) is 10.2 Å². The summed E-state index contributed by atoms with van der Waals surface area (Å²) in [6, 6.07) is 6.49. The van der Waals surface area contributed by atoms with Crippen LogP contribution in [0.4, 0.5) is 4.39 Å². The number of carbonyl (C=O) groups is 2. The normalized spacial score (nSPS) is 29.8. The van der Waals surface area contributed by atoms with Crippen LogP contribution in [0.15, 0.2) is 24.3 Å². The van der Waals surface area contributed by atoms with Gasteiger partial charge in [-0.2, -0.15) is 0 Å². The molecule has 0 aromatic heterocycles. The summed E-state index contributed by atoms with van der Waals surface area (Å²) in [4.78, 5) is 27.6. The summed E-state index contributed by atoms with van der Waals surface area (Å²) in [5, 5.41) is 3.16. The number of benzene rings is 1. The number of nitrogens with one attached hydrogen (secondary N) is 1. The van der Waals surface area contributed by atoms with E-state index in [0.29, 0.717) is 6.42 Å². The molecule has 4 rings (SSSR count). The number of carbonyl (C=O) groups excluding carboxylic acids is 2. The van der Waals surface area contributed by atoms with E-state index in [1.54, 1.807) is 12.1 Å². The molecule has 0 spiro atoms. The quantitative estimate of drug-likeness (QED) is 0.876. The van der Waals surface area contributed by atoms with Crippen LogP contribution in [-0.2, 0) is 9.59 Å². The summed E-state index contributed by atoms with van der Waals surface area (Å²) in [6.45, 7) is 0. The van der Waals surface area contributed by atoms with Crippen LogP contribution in [0.5, 0.6) is 0 Å². The fourth-order valence-corrected chi connectivity index (χ4v) is 5.03. The molecule has 1 aliphatic carbocycles. The molecule has 1 saturated carbocycles. The molecule has 2 saturated heterocycles. The van der Waals surface area contributed by atoms with Gasteiger partial charge in [-0.1, -0.05) is 31.4 Å².